The van der Waals surface area contributed by atoms with Gasteiger partial charge in [0.05, 0.1) is 6.04 Å². The van der Waals surface area contributed by atoms with Gasteiger partial charge >= 0.3 is 0 Å². The first-order valence-corrected chi connectivity index (χ1v) is 7.57. The van der Waals surface area contributed by atoms with E-state index in [2.05, 4.69) is 20.8 Å². The first-order chi connectivity index (χ1) is 11.6. The fourth-order valence-electron chi connectivity index (χ4n) is 2.51. The van der Waals surface area contributed by atoms with E-state index >= 15 is 0 Å². The molecule has 3 rings (SSSR count). The Morgan fingerprint density at radius 3 is 2.42 bits per heavy atom. The van der Waals surface area contributed by atoms with E-state index in [9.17, 15) is 14.4 Å². The summed E-state index contributed by atoms with van der Waals surface area (Å²) in [5.41, 5.74) is -0.216. The Bertz CT molecular complexity index is 971. The van der Waals surface area contributed by atoms with Gasteiger partial charge in [0.1, 0.15) is 17.1 Å². The highest BCUT2D eigenvalue weighted by Crippen LogP contribution is 2.26. The van der Waals surface area contributed by atoms with Crippen LogP contribution < -0.4 is 27.1 Å². The van der Waals surface area contributed by atoms with Crippen LogP contribution in [0.3, 0.4) is 0 Å². The average molecular weight is 324 g/mol. The third-order valence-electron chi connectivity index (χ3n) is 3.83. The molecule has 0 saturated heterocycles. The zero-order valence-corrected chi connectivity index (χ0v) is 13.0. The van der Waals surface area contributed by atoms with Crippen molar-refractivity contribution in [3.63, 3.8) is 0 Å². The lowest BCUT2D eigenvalue weighted by molar-refractivity contribution is 0.747. The van der Waals surface area contributed by atoms with Crippen LogP contribution in [0, 0.1) is 0 Å². The van der Waals surface area contributed by atoms with Crippen LogP contribution in [0.4, 0.5) is 17.1 Å². The van der Waals surface area contributed by atoms with Gasteiger partial charge in [0, 0.05) is 6.20 Å². The molecule has 2 aromatic carbocycles. The molecule has 1 unspecified atom stereocenters. The molecule has 0 saturated carbocycles. The zero-order chi connectivity index (χ0) is 17.1. The summed E-state index contributed by atoms with van der Waals surface area (Å²) in [5.74, 6) is 0. The first kappa shape index (κ1) is 15.7. The van der Waals surface area contributed by atoms with E-state index in [1.165, 1.54) is 12.3 Å². The Morgan fingerprint density at radius 2 is 1.75 bits per heavy atom. The van der Waals surface area contributed by atoms with Crippen LogP contribution in [0.5, 0.6) is 0 Å². The van der Waals surface area contributed by atoms with Gasteiger partial charge in [0.2, 0.25) is 0 Å². The van der Waals surface area contributed by atoms with E-state index in [1.807, 2.05) is 37.3 Å². The molecule has 3 aromatic rings. The van der Waals surface area contributed by atoms with Gasteiger partial charge in [0.25, 0.3) is 16.4 Å². The lowest BCUT2D eigenvalue weighted by atomic mass is 10.0. The van der Waals surface area contributed by atoms with Crippen LogP contribution >= 0.6 is 0 Å². The number of aromatic nitrogens is 2. The van der Waals surface area contributed by atoms with Crippen LogP contribution in [0.1, 0.15) is 24.9 Å². The lowest BCUT2D eigenvalue weighted by Gasteiger charge is -2.21. The number of hydrogen-bond donors (Lipinski definition) is 3. The zero-order valence-electron chi connectivity index (χ0n) is 13.0. The summed E-state index contributed by atoms with van der Waals surface area (Å²) in [6, 6.07) is 11.0. The van der Waals surface area contributed by atoms with E-state index in [0.29, 0.717) is 0 Å². The number of H-pyrrole nitrogens is 1. The Kier molecular flexibility index (Phi) is 4.24. The van der Waals surface area contributed by atoms with Gasteiger partial charge in [0.15, 0.2) is 0 Å². The molecule has 0 aliphatic rings. The van der Waals surface area contributed by atoms with Gasteiger partial charge in [-0.1, -0.05) is 37.3 Å². The third kappa shape index (κ3) is 2.83. The normalized spacial score (nSPS) is 12.0. The summed E-state index contributed by atoms with van der Waals surface area (Å²) >= 11 is 0. The van der Waals surface area contributed by atoms with Crippen molar-refractivity contribution in [3.05, 3.63) is 79.0 Å². The highest BCUT2D eigenvalue weighted by atomic mass is 16.2. The molecule has 1 atom stereocenters. The van der Waals surface area contributed by atoms with Crippen LogP contribution in [-0.2, 0) is 0 Å². The fraction of sp³-hybridized carbons (Fsp3) is 0.176. The number of aromatic amines is 1. The largest absolute Gasteiger partial charge is 0.373 e. The average Bonchev–Trinajstić information content (AvgIpc) is 2.63. The van der Waals surface area contributed by atoms with Gasteiger partial charge in [-0.25, -0.2) is 5.10 Å². The Hall–Kier alpha value is -3.22. The number of nitrogens with one attached hydrogen (secondary N) is 3. The standard InChI is InChI=1S/C17H16N4O3/c1-2-11(10-6-4-3-5-7-10)19-13-14(16(23)15(13)22)20-12-8-9-18-21-17(12)24/h3-9,11,19H,2H2,1H3,(H,18,20)(H,21,24). The first-order valence-electron chi connectivity index (χ1n) is 7.57. The minimum Gasteiger partial charge on any atom is -0.373 e. The van der Waals surface area contributed by atoms with Crippen molar-refractivity contribution in [2.45, 2.75) is 19.4 Å². The predicted molar refractivity (Wildman–Crippen MR) is 92.6 cm³/mol. The summed E-state index contributed by atoms with van der Waals surface area (Å²) in [5, 5.41) is 11.7. The van der Waals surface area contributed by atoms with Gasteiger partial charge in [-0.05, 0) is 18.1 Å². The topological polar surface area (TPSA) is 104 Å². The van der Waals surface area contributed by atoms with E-state index < -0.39 is 16.4 Å². The highest BCUT2D eigenvalue weighted by molar-refractivity contribution is 5.78. The van der Waals surface area contributed by atoms with Crippen LogP contribution in [0.2, 0.25) is 0 Å². The number of hydrogen-bond acceptors (Lipinski definition) is 6. The van der Waals surface area contributed by atoms with E-state index in [4.69, 9.17) is 0 Å². The molecular weight excluding hydrogens is 308 g/mol. The Labute approximate surface area is 137 Å². The molecule has 0 fully saturated rings. The molecule has 0 aliphatic heterocycles. The number of rotatable bonds is 6. The van der Waals surface area contributed by atoms with Crippen molar-refractivity contribution in [1.82, 2.24) is 10.2 Å². The second kappa shape index (κ2) is 6.49. The maximum atomic E-state index is 11.9. The van der Waals surface area contributed by atoms with E-state index in [1.54, 1.807) is 0 Å². The van der Waals surface area contributed by atoms with Crippen molar-refractivity contribution >= 4 is 17.1 Å². The minimum atomic E-state index is -0.642. The minimum absolute atomic E-state index is 0.103. The Balaban J connectivity index is 1.89. The maximum Gasteiger partial charge on any atom is 0.287 e. The molecule has 0 spiro atoms. The van der Waals surface area contributed by atoms with Crippen LogP contribution in [0.15, 0.2) is 57.0 Å². The number of nitrogens with zero attached hydrogens (tertiary/aromatic N) is 1. The maximum absolute atomic E-state index is 11.9. The molecule has 0 aliphatic carbocycles. The summed E-state index contributed by atoms with van der Waals surface area (Å²) in [4.78, 5) is 35.4. The van der Waals surface area contributed by atoms with Crippen LogP contribution in [0.25, 0.3) is 0 Å². The molecule has 7 nitrogen and oxygen atoms in total. The van der Waals surface area contributed by atoms with Crippen molar-refractivity contribution in [1.29, 1.82) is 0 Å². The molecule has 1 heterocycles. The quantitative estimate of drug-likeness (QED) is 0.596. The third-order valence-corrected chi connectivity index (χ3v) is 3.83. The van der Waals surface area contributed by atoms with E-state index in [0.717, 1.165) is 12.0 Å². The molecule has 24 heavy (non-hydrogen) atoms. The van der Waals surface area contributed by atoms with Gasteiger partial charge < -0.3 is 10.6 Å². The second-order valence-corrected chi connectivity index (χ2v) is 5.35. The summed E-state index contributed by atoms with van der Waals surface area (Å²) in [7, 11) is 0. The van der Waals surface area contributed by atoms with Gasteiger partial charge in [-0.3, -0.25) is 14.4 Å². The highest BCUT2D eigenvalue weighted by Gasteiger charge is 2.24. The van der Waals surface area contributed by atoms with Crippen molar-refractivity contribution < 1.29 is 0 Å². The summed E-state index contributed by atoms with van der Waals surface area (Å²) < 4.78 is 0. The number of anilines is 3. The molecule has 0 amide bonds. The molecule has 1 aromatic heterocycles. The summed E-state index contributed by atoms with van der Waals surface area (Å²) in [6.07, 6.45) is 2.12. The Morgan fingerprint density at radius 1 is 1.04 bits per heavy atom. The molecule has 0 bridgehead atoms. The monoisotopic (exact) mass is 324 g/mol. The van der Waals surface area contributed by atoms with Crippen molar-refractivity contribution in [2.24, 2.45) is 0 Å². The molecule has 3 N–H and O–H groups in total. The number of benzene rings is 1. The SMILES string of the molecule is CCC(Nc1c(Nc2ccn[nH]c2=O)c(=O)c1=O)c1ccccc1. The summed E-state index contributed by atoms with van der Waals surface area (Å²) in [6.45, 7) is 1.98. The van der Waals surface area contributed by atoms with Crippen molar-refractivity contribution in [2.75, 3.05) is 10.6 Å². The second-order valence-electron chi connectivity index (χ2n) is 5.35. The smallest absolute Gasteiger partial charge is 0.287 e. The molecule has 122 valence electrons. The predicted octanol–water partition coefficient (Wildman–Crippen LogP) is 1.67. The molecular formula is C17H16N4O3. The van der Waals surface area contributed by atoms with Crippen LogP contribution in [-0.4, -0.2) is 10.2 Å². The fourth-order valence-corrected chi connectivity index (χ4v) is 2.51. The lowest BCUT2D eigenvalue weighted by Crippen LogP contribution is -2.38. The van der Waals surface area contributed by atoms with Crippen molar-refractivity contribution in [3.8, 4) is 0 Å². The molecule has 0 radical (unpaired) electrons. The van der Waals surface area contributed by atoms with E-state index in [-0.39, 0.29) is 23.1 Å². The van der Waals surface area contributed by atoms with Gasteiger partial charge in [-0.15, -0.1) is 0 Å². The van der Waals surface area contributed by atoms with Gasteiger partial charge in [-0.2, -0.15) is 5.10 Å². The molecule has 7 heteroatoms.